The maximum atomic E-state index is 13.9. The van der Waals surface area contributed by atoms with Gasteiger partial charge in [-0.3, -0.25) is 14.4 Å². The number of nitrogens with zero attached hydrogens (tertiary/aromatic N) is 1. The van der Waals surface area contributed by atoms with Crippen LogP contribution in [-0.4, -0.2) is 70.8 Å². The fourth-order valence-corrected chi connectivity index (χ4v) is 6.06. The third-order valence-corrected chi connectivity index (χ3v) is 8.44. The average molecular weight is 539 g/mol. The number of thiol groups is 1. The SMILES string of the molecule is CC(C)(C)NC(=O)N[C@H](C(=O)N1C[C@H]2[C@@H]([C@H]1C(=O)N[C@@H](C[C@@H]1CCNC1=O)C(N)S)C2(C)C)C(C)(C)C. The van der Waals surface area contributed by atoms with Gasteiger partial charge in [-0.15, -0.1) is 0 Å². The van der Waals surface area contributed by atoms with Crippen molar-refractivity contribution in [3.05, 3.63) is 0 Å². The number of urea groups is 1. The van der Waals surface area contributed by atoms with Crippen molar-refractivity contribution in [1.82, 2.24) is 26.2 Å². The Morgan fingerprint density at radius 1 is 1.16 bits per heavy atom. The Kier molecular flexibility index (Phi) is 8.21. The van der Waals surface area contributed by atoms with E-state index in [1.165, 1.54) is 0 Å². The number of hydrogen-bond acceptors (Lipinski definition) is 6. The Bertz CT molecular complexity index is 925. The summed E-state index contributed by atoms with van der Waals surface area (Å²) in [6.07, 6.45) is 1.08. The van der Waals surface area contributed by atoms with Crippen molar-refractivity contribution < 1.29 is 19.2 Å². The van der Waals surface area contributed by atoms with E-state index in [-0.39, 0.29) is 40.9 Å². The molecular weight excluding hydrogens is 492 g/mol. The zero-order valence-corrected chi connectivity index (χ0v) is 24.4. The van der Waals surface area contributed by atoms with Gasteiger partial charge in [0, 0.05) is 24.5 Å². The molecule has 0 spiro atoms. The van der Waals surface area contributed by atoms with E-state index in [4.69, 9.17) is 5.73 Å². The van der Waals surface area contributed by atoms with Gasteiger partial charge in [0.2, 0.25) is 17.7 Å². The number of rotatable bonds is 7. The van der Waals surface area contributed by atoms with Crippen LogP contribution in [0.25, 0.3) is 0 Å². The number of nitrogens with one attached hydrogen (secondary N) is 4. The summed E-state index contributed by atoms with van der Waals surface area (Å²) in [7, 11) is 0. The maximum Gasteiger partial charge on any atom is 0.315 e. The van der Waals surface area contributed by atoms with Crippen LogP contribution in [-0.2, 0) is 14.4 Å². The molecule has 2 saturated heterocycles. The molecule has 2 aliphatic heterocycles. The van der Waals surface area contributed by atoms with Crippen molar-refractivity contribution in [2.24, 2.45) is 34.3 Å². The number of piperidine rings is 1. The van der Waals surface area contributed by atoms with Gasteiger partial charge in [-0.2, -0.15) is 12.6 Å². The van der Waals surface area contributed by atoms with Gasteiger partial charge in [0.15, 0.2) is 0 Å². The molecule has 1 aliphatic carbocycles. The second kappa shape index (κ2) is 10.3. The number of carbonyl (C=O) groups is 4. The fourth-order valence-electron chi connectivity index (χ4n) is 5.86. The van der Waals surface area contributed by atoms with Crippen LogP contribution in [0.2, 0.25) is 0 Å². The highest BCUT2D eigenvalue weighted by Crippen LogP contribution is 2.65. The summed E-state index contributed by atoms with van der Waals surface area (Å²) < 4.78 is 0. The number of amides is 5. The van der Waals surface area contributed by atoms with E-state index in [9.17, 15) is 19.2 Å². The molecule has 3 rings (SSSR count). The number of hydrogen-bond donors (Lipinski definition) is 6. The van der Waals surface area contributed by atoms with Crippen LogP contribution in [0.3, 0.4) is 0 Å². The molecular formula is C26H46N6O4S. The Morgan fingerprint density at radius 3 is 2.27 bits per heavy atom. The van der Waals surface area contributed by atoms with Crippen LogP contribution in [0.4, 0.5) is 4.79 Å². The van der Waals surface area contributed by atoms with Crippen molar-refractivity contribution in [3.63, 3.8) is 0 Å². The highest BCUT2D eigenvalue weighted by Gasteiger charge is 2.69. The normalized spacial score (nSPS) is 29.0. The van der Waals surface area contributed by atoms with Crippen molar-refractivity contribution >= 4 is 36.4 Å². The predicted molar refractivity (Wildman–Crippen MR) is 146 cm³/mol. The summed E-state index contributed by atoms with van der Waals surface area (Å²) in [5.74, 6) is -0.632. The first-order valence-electron chi connectivity index (χ1n) is 13.3. The van der Waals surface area contributed by atoms with Gasteiger partial charge in [-0.25, -0.2) is 4.79 Å². The molecule has 0 aromatic rings. The minimum Gasteiger partial charge on any atom is -0.356 e. The molecule has 11 heteroatoms. The summed E-state index contributed by atoms with van der Waals surface area (Å²) in [4.78, 5) is 54.1. The first kappa shape index (κ1) is 29.5. The maximum absolute atomic E-state index is 13.9. The topological polar surface area (TPSA) is 146 Å². The molecule has 37 heavy (non-hydrogen) atoms. The molecule has 0 aromatic carbocycles. The van der Waals surface area contributed by atoms with E-state index in [1.807, 2.05) is 41.5 Å². The second-order valence-electron chi connectivity index (χ2n) is 13.7. The van der Waals surface area contributed by atoms with Crippen molar-refractivity contribution in [1.29, 1.82) is 0 Å². The fraction of sp³-hybridized carbons (Fsp3) is 0.846. The molecule has 1 unspecified atom stereocenters. The highest BCUT2D eigenvalue weighted by molar-refractivity contribution is 7.80. The monoisotopic (exact) mass is 538 g/mol. The van der Waals surface area contributed by atoms with Gasteiger partial charge in [0.1, 0.15) is 12.1 Å². The second-order valence-corrected chi connectivity index (χ2v) is 14.3. The van der Waals surface area contributed by atoms with E-state index in [1.54, 1.807) is 4.90 Å². The van der Waals surface area contributed by atoms with Gasteiger partial charge in [0.05, 0.1) is 11.4 Å². The van der Waals surface area contributed by atoms with Crippen molar-refractivity contribution in [3.8, 4) is 0 Å². The number of fused-ring (bicyclic) bond motifs is 1. The van der Waals surface area contributed by atoms with Crippen LogP contribution in [0, 0.1) is 28.6 Å². The largest absolute Gasteiger partial charge is 0.356 e. The van der Waals surface area contributed by atoms with Gasteiger partial charge in [-0.05, 0) is 56.3 Å². The number of nitrogens with two attached hydrogens (primary N) is 1. The average Bonchev–Trinajstić information content (AvgIpc) is 3.08. The molecule has 5 amide bonds. The standard InChI is InChI=1S/C26H46N6O4S/c1-24(2,3)18(30-23(36)31-25(4,5)6)22(35)32-12-14-16(26(14,7)8)17(32)21(34)29-15(19(27)37)11-13-9-10-28-20(13)33/h13-19,37H,9-12,27H2,1-8H3,(H,28,33)(H,29,34)(H2,30,31,36)/t13-,14-,15-,16-,17-,18+,19?/m0/s1. The Balaban J connectivity index is 1.81. The molecule has 210 valence electrons. The molecule has 2 heterocycles. The molecule has 1 saturated carbocycles. The van der Waals surface area contributed by atoms with Gasteiger partial charge < -0.3 is 31.9 Å². The molecule has 7 atom stereocenters. The predicted octanol–water partition coefficient (Wildman–Crippen LogP) is 1.21. The third-order valence-electron chi connectivity index (χ3n) is 8.08. The molecule has 6 N–H and O–H groups in total. The lowest BCUT2D eigenvalue weighted by atomic mass is 9.85. The summed E-state index contributed by atoms with van der Waals surface area (Å²) in [6, 6.07) is -2.45. The summed E-state index contributed by atoms with van der Waals surface area (Å²) in [6.45, 7) is 16.6. The lowest BCUT2D eigenvalue weighted by molar-refractivity contribution is -0.144. The smallest absolute Gasteiger partial charge is 0.315 e. The summed E-state index contributed by atoms with van der Waals surface area (Å²) >= 11 is 4.38. The molecule has 0 radical (unpaired) electrons. The molecule has 3 fully saturated rings. The molecule has 0 bridgehead atoms. The minimum atomic E-state index is -0.823. The highest BCUT2D eigenvalue weighted by atomic mass is 32.1. The summed E-state index contributed by atoms with van der Waals surface area (Å²) in [5.41, 5.74) is 4.97. The first-order chi connectivity index (χ1) is 16.8. The van der Waals surface area contributed by atoms with Crippen LogP contribution in [0.1, 0.15) is 68.2 Å². The van der Waals surface area contributed by atoms with Crippen molar-refractivity contribution in [2.75, 3.05) is 13.1 Å². The number of carbonyl (C=O) groups excluding carboxylic acids is 4. The Hall–Kier alpha value is -2.01. The van der Waals surface area contributed by atoms with Crippen molar-refractivity contribution in [2.45, 2.75) is 97.3 Å². The van der Waals surface area contributed by atoms with Gasteiger partial charge in [0.25, 0.3) is 0 Å². The third kappa shape index (κ3) is 6.53. The molecule has 3 aliphatic rings. The van der Waals surface area contributed by atoms with Gasteiger partial charge in [-0.1, -0.05) is 34.6 Å². The van der Waals surface area contributed by atoms with Crippen LogP contribution >= 0.6 is 12.6 Å². The Labute approximate surface area is 226 Å². The van der Waals surface area contributed by atoms with Crippen LogP contribution in [0.5, 0.6) is 0 Å². The minimum absolute atomic E-state index is 0.00652. The molecule has 10 nitrogen and oxygen atoms in total. The van der Waals surface area contributed by atoms with Crippen LogP contribution in [0.15, 0.2) is 0 Å². The lowest BCUT2D eigenvalue weighted by Gasteiger charge is -2.38. The van der Waals surface area contributed by atoms with E-state index in [0.29, 0.717) is 25.9 Å². The number of likely N-dealkylation sites (tertiary alicyclic amines) is 1. The zero-order chi connectivity index (χ0) is 28.1. The van der Waals surface area contributed by atoms with Crippen LogP contribution < -0.4 is 27.0 Å². The molecule has 0 aromatic heterocycles. The van der Waals surface area contributed by atoms with E-state index >= 15 is 0 Å². The Morgan fingerprint density at radius 2 is 1.78 bits per heavy atom. The quantitative estimate of drug-likeness (QED) is 0.213. The summed E-state index contributed by atoms with van der Waals surface area (Å²) in [5, 5.41) is 10.9. The van der Waals surface area contributed by atoms with Gasteiger partial charge >= 0.3 is 6.03 Å². The van der Waals surface area contributed by atoms with E-state index < -0.39 is 40.5 Å². The first-order valence-corrected chi connectivity index (χ1v) is 13.8. The van der Waals surface area contributed by atoms with E-state index in [2.05, 4.69) is 47.7 Å². The zero-order valence-electron chi connectivity index (χ0n) is 23.5. The van der Waals surface area contributed by atoms with E-state index in [0.717, 1.165) is 0 Å². The lowest BCUT2D eigenvalue weighted by Crippen LogP contribution is -2.62.